The first-order chi connectivity index (χ1) is 12.5. The minimum Gasteiger partial charge on any atom is -0.480 e. The van der Waals surface area contributed by atoms with Crippen LogP contribution in [0.4, 0.5) is 0 Å². The van der Waals surface area contributed by atoms with E-state index in [4.69, 9.17) is 16.0 Å². The number of hydrogen-bond acceptors (Lipinski definition) is 6. The molecular formula is C17H16ClN5O3. The van der Waals surface area contributed by atoms with Crippen molar-refractivity contribution in [2.24, 2.45) is 0 Å². The van der Waals surface area contributed by atoms with E-state index in [1.54, 1.807) is 23.2 Å². The van der Waals surface area contributed by atoms with Crippen molar-refractivity contribution in [1.29, 1.82) is 0 Å². The molecule has 0 amide bonds. The van der Waals surface area contributed by atoms with Crippen molar-refractivity contribution in [2.45, 2.75) is 32.6 Å². The van der Waals surface area contributed by atoms with Crippen molar-refractivity contribution in [2.75, 3.05) is 0 Å². The minimum atomic E-state index is -0.898. The summed E-state index contributed by atoms with van der Waals surface area (Å²) in [6, 6.07) is 6.59. The Kier molecular flexibility index (Phi) is 4.21. The van der Waals surface area contributed by atoms with Crippen molar-refractivity contribution in [3.05, 3.63) is 53.0 Å². The molecule has 134 valence electrons. The van der Waals surface area contributed by atoms with Gasteiger partial charge in [-0.15, -0.1) is 10.2 Å². The number of oxazole rings is 1. The Morgan fingerprint density at radius 1 is 1.42 bits per heavy atom. The predicted octanol–water partition coefficient (Wildman–Crippen LogP) is 2.36. The van der Waals surface area contributed by atoms with Crippen LogP contribution in [0.25, 0.3) is 11.3 Å². The number of fused-ring (bicyclic) bond motifs is 1. The molecule has 1 N–H and O–H groups in total. The molecule has 0 aliphatic carbocycles. The molecule has 1 aliphatic heterocycles. The van der Waals surface area contributed by atoms with Gasteiger partial charge in [-0.05, 0) is 19.1 Å². The third-order valence-corrected chi connectivity index (χ3v) is 4.67. The van der Waals surface area contributed by atoms with Gasteiger partial charge in [0.1, 0.15) is 17.7 Å². The molecule has 2 aromatic heterocycles. The van der Waals surface area contributed by atoms with Crippen LogP contribution in [-0.2, 0) is 24.4 Å². The molecule has 26 heavy (non-hydrogen) atoms. The van der Waals surface area contributed by atoms with Gasteiger partial charge < -0.3 is 14.1 Å². The zero-order valence-corrected chi connectivity index (χ0v) is 14.7. The smallest absolute Gasteiger partial charge is 0.322 e. The second-order valence-corrected chi connectivity index (χ2v) is 6.60. The maximum Gasteiger partial charge on any atom is 0.322 e. The van der Waals surface area contributed by atoms with Crippen LogP contribution in [0.3, 0.4) is 0 Å². The number of carbonyl (C=O) groups is 1. The summed E-state index contributed by atoms with van der Waals surface area (Å²) in [6.45, 7) is 2.75. The van der Waals surface area contributed by atoms with Crippen LogP contribution in [0.5, 0.6) is 0 Å². The second-order valence-electron chi connectivity index (χ2n) is 6.16. The SMILES string of the molecule is Cc1nnc2n1CC(C(=O)O)N(Cc1ncc(-c3cccc(Cl)c3)o1)C2. The summed E-state index contributed by atoms with van der Waals surface area (Å²) in [4.78, 5) is 17.8. The molecule has 0 saturated heterocycles. The van der Waals surface area contributed by atoms with E-state index in [0.29, 0.717) is 35.6 Å². The molecule has 0 radical (unpaired) electrons. The van der Waals surface area contributed by atoms with Gasteiger partial charge in [-0.1, -0.05) is 23.7 Å². The van der Waals surface area contributed by atoms with Gasteiger partial charge >= 0.3 is 5.97 Å². The van der Waals surface area contributed by atoms with E-state index in [9.17, 15) is 9.90 Å². The van der Waals surface area contributed by atoms with Gasteiger partial charge in [0.05, 0.1) is 25.8 Å². The molecule has 1 atom stereocenters. The Morgan fingerprint density at radius 3 is 3.04 bits per heavy atom. The van der Waals surface area contributed by atoms with E-state index in [0.717, 1.165) is 11.4 Å². The van der Waals surface area contributed by atoms with E-state index in [2.05, 4.69) is 15.2 Å². The minimum absolute atomic E-state index is 0.267. The van der Waals surface area contributed by atoms with Crippen molar-refractivity contribution in [3.8, 4) is 11.3 Å². The van der Waals surface area contributed by atoms with Crippen LogP contribution in [-0.4, -0.2) is 41.8 Å². The van der Waals surface area contributed by atoms with E-state index >= 15 is 0 Å². The van der Waals surface area contributed by atoms with Gasteiger partial charge in [0.25, 0.3) is 0 Å². The molecule has 0 spiro atoms. The summed E-state index contributed by atoms with van der Waals surface area (Å²) in [5.41, 5.74) is 0.819. The number of aryl methyl sites for hydroxylation is 1. The average molecular weight is 374 g/mol. The largest absolute Gasteiger partial charge is 0.480 e. The monoisotopic (exact) mass is 373 g/mol. The molecule has 3 heterocycles. The highest BCUT2D eigenvalue weighted by atomic mass is 35.5. The Bertz CT molecular complexity index is 967. The van der Waals surface area contributed by atoms with Gasteiger partial charge in [0.15, 0.2) is 5.76 Å². The first-order valence-electron chi connectivity index (χ1n) is 8.07. The van der Waals surface area contributed by atoms with Gasteiger partial charge in [-0.3, -0.25) is 9.69 Å². The average Bonchev–Trinajstić information content (AvgIpc) is 3.21. The highest BCUT2D eigenvalue weighted by Crippen LogP contribution is 2.25. The lowest BCUT2D eigenvalue weighted by Gasteiger charge is -2.32. The van der Waals surface area contributed by atoms with Crippen LogP contribution in [0.2, 0.25) is 5.02 Å². The molecule has 0 fully saturated rings. The van der Waals surface area contributed by atoms with Gasteiger partial charge in [0, 0.05) is 10.6 Å². The molecule has 4 rings (SSSR count). The maximum atomic E-state index is 11.7. The lowest BCUT2D eigenvalue weighted by molar-refractivity contribution is -0.145. The fourth-order valence-corrected chi connectivity index (χ4v) is 3.28. The Balaban J connectivity index is 1.57. The predicted molar refractivity (Wildman–Crippen MR) is 92.4 cm³/mol. The summed E-state index contributed by atoms with van der Waals surface area (Å²) in [7, 11) is 0. The number of hydrogen-bond donors (Lipinski definition) is 1. The summed E-state index contributed by atoms with van der Waals surface area (Å²) >= 11 is 6.01. The molecule has 0 saturated carbocycles. The lowest BCUT2D eigenvalue weighted by Crippen LogP contribution is -2.47. The second kappa shape index (κ2) is 6.54. The molecular weight excluding hydrogens is 358 g/mol. The zero-order valence-electron chi connectivity index (χ0n) is 14.0. The van der Waals surface area contributed by atoms with Gasteiger partial charge in [-0.25, -0.2) is 4.98 Å². The van der Waals surface area contributed by atoms with Gasteiger partial charge in [0.2, 0.25) is 5.89 Å². The summed E-state index contributed by atoms with van der Waals surface area (Å²) < 4.78 is 7.64. The summed E-state index contributed by atoms with van der Waals surface area (Å²) in [6.07, 6.45) is 1.62. The molecule has 9 heteroatoms. The first kappa shape index (κ1) is 16.7. The fraction of sp³-hybridized carbons (Fsp3) is 0.294. The number of carboxylic acid groups (broad SMARTS) is 1. The zero-order chi connectivity index (χ0) is 18.3. The third-order valence-electron chi connectivity index (χ3n) is 4.44. The van der Waals surface area contributed by atoms with Gasteiger partial charge in [-0.2, -0.15) is 0 Å². The Morgan fingerprint density at radius 2 is 2.27 bits per heavy atom. The number of aliphatic carboxylic acids is 1. The van der Waals surface area contributed by atoms with Crippen LogP contribution in [0, 0.1) is 6.92 Å². The number of halogens is 1. The third kappa shape index (κ3) is 3.09. The van der Waals surface area contributed by atoms with E-state index in [1.807, 2.05) is 23.6 Å². The molecule has 1 unspecified atom stereocenters. The van der Waals surface area contributed by atoms with Crippen molar-refractivity contribution < 1.29 is 14.3 Å². The number of aromatic nitrogens is 4. The van der Waals surface area contributed by atoms with Crippen LogP contribution >= 0.6 is 11.6 Å². The first-order valence-corrected chi connectivity index (χ1v) is 8.45. The standard InChI is InChI=1S/C17H16ClN5O3/c1-10-20-21-15-8-22(13(17(24)25)7-23(10)15)9-16-19-6-14(26-16)11-3-2-4-12(18)5-11/h2-6,13H,7-9H2,1H3,(H,24,25). The van der Waals surface area contributed by atoms with Crippen molar-refractivity contribution in [3.63, 3.8) is 0 Å². The number of benzene rings is 1. The topological polar surface area (TPSA) is 97.3 Å². The molecule has 0 bridgehead atoms. The number of nitrogens with zero attached hydrogens (tertiary/aromatic N) is 5. The molecule has 8 nitrogen and oxygen atoms in total. The number of carboxylic acids is 1. The number of rotatable bonds is 4. The highest BCUT2D eigenvalue weighted by molar-refractivity contribution is 6.30. The molecule has 1 aromatic carbocycles. The fourth-order valence-electron chi connectivity index (χ4n) is 3.09. The normalized spacial score (nSPS) is 17.2. The maximum absolute atomic E-state index is 11.7. The van der Waals surface area contributed by atoms with Crippen LogP contribution < -0.4 is 0 Å². The molecule has 1 aliphatic rings. The summed E-state index contributed by atoms with van der Waals surface area (Å²) in [5, 5.41) is 18.3. The van der Waals surface area contributed by atoms with Crippen LogP contribution in [0.15, 0.2) is 34.9 Å². The summed E-state index contributed by atoms with van der Waals surface area (Å²) in [5.74, 6) is 1.58. The van der Waals surface area contributed by atoms with E-state index in [-0.39, 0.29) is 6.54 Å². The molecule has 3 aromatic rings. The highest BCUT2D eigenvalue weighted by Gasteiger charge is 2.34. The van der Waals surface area contributed by atoms with E-state index in [1.165, 1.54) is 0 Å². The lowest BCUT2D eigenvalue weighted by atomic mass is 10.2. The Hall–Kier alpha value is -2.71. The van der Waals surface area contributed by atoms with Crippen molar-refractivity contribution in [1.82, 2.24) is 24.6 Å². The van der Waals surface area contributed by atoms with Crippen molar-refractivity contribution >= 4 is 17.6 Å². The van der Waals surface area contributed by atoms with E-state index < -0.39 is 12.0 Å². The quantitative estimate of drug-likeness (QED) is 0.749. The van der Waals surface area contributed by atoms with Crippen LogP contribution in [0.1, 0.15) is 17.5 Å². The Labute approximate surface area is 154 Å².